The van der Waals surface area contributed by atoms with E-state index in [-0.39, 0.29) is 0 Å². The second-order valence-corrected chi connectivity index (χ2v) is 4.59. The molecule has 0 unspecified atom stereocenters. The van der Waals surface area contributed by atoms with Gasteiger partial charge < -0.3 is 9.57 Å². The van der Waals surface area contributed by atoms with E-state index in [1.54, 1.807) is 0 Å². The Morgan fingerprint density at radius 3 is 2.50 bits per heavy atom. The van der Waals surface area contributed by atoms with Crippen LogP contribution in [0.25, 0.3) is 0 Å². The molecule has 0 amide bonds. The van der Waals surface area contributed by atoms with E-state index in [9.17, 15) is 0 Å². The minimum atomic E-state index is 0.552. The lowest BCUT2D eigenvalue weighted by atomic mass is 10.1. The minimum Gasteiger partial charge on any atom is -0.457 e. The van der Waals surface area contributed by atoms with E-state index < -0.39 is 0 Å². The van der Waals surface area contributed by atoms with Crippen LogP contribution in [0.2, 0.25) is 0 Å². The molecule has 0 aliphatic heterocycles. The molecule has 4 heteroatoms. The summed E-state index contributed by atoms with van der Waals surface area (Å²) < 4.78 is 5.81. The Morgan fingerprint density at radius 1 is 1.05 bits per heavy atom. The van der Waals surface area contributed by atoms with E-state index >= 15 is 0 Å². The fraction of sp³-hybridized carbons (Fsp3) is 0.188. The Morgan fingerprint density at radius 2 is 1.80 bits per heavy atom. The van der Waals surface area contributed by atoms with Crippen molar-refractivity contribution in [1.29, 1.82) is 0 Å². The number of rotatable bonds is 6. The van der Waals surface area contributed by atoms with Crippen molar-refractivity contribution >= 4 is 21.6 Å². The van der Waals surface area contributed by atoms with Crippen LogP contribution in [-0.4, -0.2) is 17.6 Å². The van der Waals surface area contributed by atoms with E-state index in [0.717, 1.165) is 22.8 Å². The van der Waals surface area contributed by atoms with Gasteiger partial charge in [-0.05, 0) is 31.2 Å². The molecule has 0 spiro atoms. The van der Waals surface area contributed by atoms with Crippen molar-refractivity contribution in [2.24, 2.45) is 5.16 Å². The first-order valence-electron chi connectivity index (χ1n) is 6.41. The van der Waals surface area contributed by atoms with Crippen LogP contribution in [0, 0.1) is 0 Å². The number of oxime groups is 1. The lowest BCUT2D eigenvalue weighted by Gasteiger charge is -2.08. The number of ether oxygens (including phenoxy) is 1. The van der Waals surface area contributed by atoms with E-state index in [4.69, 9.17) is 9.57 Å². The predicted molar refractivity (Wildman–Crippen MR) is 84.9 cm³/mol. The molecule has 0 aromatic heterocycles. The number of hydrogen-bond donors (Lipinski definition) is 0. The van der Waals surface area contributed by atoms with Crippen molar-refractivity contribution in [3.8, 4) is 11.5 Å². The highest BCUT2D eigenvalue weighted by Gasteiger charge is 2.05. The highest BCUT2D eigenvalue weighted by molar-refractivity contribution is 9.09. The van der Waals surface area contributed by atoms with Gasteiger partial charge in [-0.3, -0.25) is 0 Å². The number of hydrogen-bond acceptors (Lipinski definition) is 3. The third-order valence-electron chi connectivity index (χ3n) is 2.58. The highest BCUT2D eigenvalue weighted by Crippen LogP contribution is 2.22. The molecule has 0 aliphatic rings. The lowest BCUT2D eigenvalue weighted by Crippen LogP contribution is -2.03. The summed E-state index contributed by atoms with van der Waals surface area (Å²) in [6, 6.07) is 17.5. The van der Waals surface area contributed by atoms with Crippen LogP contribution >= 0.6 is 15.9 Å². The van der Waals surface area contributed by atoms with Gasteiger partial charge in [0.25, 0.3) is 0 Å². The van der Waals surface area contributed by atoms with E-state index in [1.807, 2.05) is 61.5 Å². The summed E-state index contributed by atoms with van der Waals surface area (Å²) in [5.74, 6) is 1.59. The molecule has 20 heavy (non-hydrogen) atoms. The zero-order chi connectivity index (χ0) is 14.2. The maximum Gasteiger partial charge on any atom is 0.128 e. The average Bonchev–Trinajstić information content (AvgIpc) is 2.49. The number of halogens is 1. The third-order valence-corrected chi connectivity index (χ3v) is 3.11. The molecule has 0 N–H and O–H groups in total. The molecule has 0 atom stereocenters. The van der Waals surface area contributed by atoms with Gasteiger partial charge in [0, 0.05) is 10.9 Å². The molecule has 2 aromatic rings. The Kier molecular flexibility index (Phi) is 5.62. The Hall–Kier alpha value is -1.81. The fourth-order valence-corrected chi connectivity index (χ4v) is 2.09. The van der Waals surface area contributed by atoms with Crippen molar-refractivity contribution in [2.45, 2.75) is 6.92 Å². The normalized spacial score (nSPS) is 11.2. The summed E-state index contributed by atoms with van der Waals surface area (Å²) in [5, 5.41) is 4.72. The fourth-order valence-electron chi connectivity index (χ4n) is 1.66. The smallest absolute Gasteiger partial charge is 0.128 e. The lowest BCUT2D eigenvalue weighted by molar-refractivity contribution is 0.159. The van der Waals surface area contributed by atoms with Crippen LogP contribution in [0.15, 0.2) is 59.8 Å². The Bertz CT molecular complexity index is 570. The molecule has 2 rings (SSSR count). The van der Waals surface area contributed by atoms with Crippen molar-refractivity contribution in [3.05, 3.63) is 60.2 Å². The Labute approximate surface area is 127 Å². The monoisotopic (exact) mass is 333 g/mol. The van der Waals surface area contributed by atoms with Crippen LogP contribution in [-0.2, 0) is 4.84 Å². The van der Waals surface area contributed by atoms with Gasteiger partial charge in [-0.2, -0.15) is 0 Å². The predicted octanol–water partition coefficient (Wildman–Crippen LogP) is 4.61. The zero-order valence-electron chi connectivity index (χ0n) is 11.3. The van der Waals surface area contributed by atoms with Gasteiger partial charge in [0.05, 0.1) is 5.71 Å². The highest BCUT2D eigenvalue weighted by atomic mass is 79.9. The summed E-state index contributed by atoms with van der Waals surface area (Å²) >= 11 is 3.42. The molecular weight excluding hydrogens is 318 g/mol. The first kappa shape index (κ1) is 14.6. The van der Waals surface area contributed by atoms with Gasteiger partial charge in [0.15, 0.2) is 0 Å². The average molecular weight is 334 g/mol. The molecule has 2 aromatic carbocycles. The second kappa shape index (κ2) is 7.70. The minimum absolute atomic E-state index is 0.552. The number of alkyl halides is 1. The molecule has 0 saturated carbocycles. The summed E-state index contributed by atoms with van der Waals surface area (Å²) in [5.41, 5.74) is 1.81. The third kappa shape index (κ3) is 4.10. The molecule has 0 radical (unpaired) electrons. The first-order valence-corrected chi connectivity index (χ1v) is 7.53. The molecule has 3 nitrogen and oxygen atoms in total. The van der Waals surface area contributed by atoms with Gasteiger partial charge in [-0.1, -0.05) is 51.4 Å². The molecule has 0 heterocycles. The van der Waals surface area contributed by atoms with Crippen LogP contribution in [0.4, 0.5) is 0 Å². The van der Waals surface area contributed by atoms with Gasteiger partial charge >= 0.3 is 0 Å². The molecule has 104 valence electrons. The van der Waals surface area contributed by atoms with E-state index in [0.29, 0.717) is 11.9 Å². The molecule has 0 saturated heterocycles. The van der Waals surface area contributed by atoms with E-state index in [1.165, 1.54) is 0 Å². The summed E-state index contributed by atoms with van der Waals surface area (Å²) in [7, 11) is 0. The maximum absolute atomic E-state index is 5.81. The van der Waals surface area contributed by atoms with Crippen LogP contribution in [0.1, 0.15) is 12.5 Å². The molecule has 0 bridgehead atoms. The van der Waals surface area contributed by atoms with E-state index in [2.05, 4.69) is 21.1 Å². The first-order chi connectivity index (χ1) is 9.83. The van der Waals surface area contributed by atoms with Gasteiger partial charge in [-0.25, -0.2) is 0 Å². The number of nitrogens with zero attached hydrogens (tertiary/aromatic N) is 1. The van der Waals surface area contributed by atoms with Crippen LogP contribution in [0.5, 0.6) is 11.5 Å². The van der Waals surface area contributed by atoms with Gasteiger partial charge in [0.1, 0.15) is 18.1 Å². The molecule has 0 aliphatic carbocycles. The number of para-hydroxylation sites is 1. The maximum atomic E-state index is 5.81. The number of benzene rings is 2. The van der Waals surface area contributed by atoms with Crippen molar-refractivity contribution in [2.75, 3.05) is 11.9 Å². The zero-order valence-corrected chi connectivity index (χ0v) is 12.8. The van der Waals surface area contributed by atoms with Crippen molar-refractivity contribution < 1.29 is 9.57 Å². The van der Waals surface area contributed by atoms with Gasteiger partial charge in [-0.15, -0.1) is 0 Å². The van der Waals surface area contributed by atoms with Crippen LogP contribution in [0.3, 0.4) is 0 Å². The van der Waals surface area contributed by atoms with Gasteiger partial charge in [0.2, 0.25) is 0 Å². The largest absolute Gasteiger partial charge is 0.457 e. The quantitative estimate of drug-likeness (QED) is 0.439. The summed E-state index contributed by atoms with van der Waals surface area (Å²) in [4.78, 5) is 5.12. The second-order valence-electron chi connectivity index (χ2n) is 4.03. The molecular formula is C16H16BrNO2. The van der Waals surface area contributed by atoms with Crippen molar-refractivity contribution in [3.63, 3.8) is 0 Å². The standard InChI is InChI=1S/C16H16BrNO2/c1-2-19-18-16(12-17)13-7-6-10-15(11-13)20-14-8-4-3-5-9-14/h3-11H,2,12H2,1H3/b18-16+. The molecule has 0 fully saturated rings. The summed E-state index contributed by atoms with van der Waals surface area (Å²) in [6.07, 6.45) is 0. The van der Waals surface area contributed by atoms with Crippen LogP contribution < -0.4 is 4.74 Å². The van der Waals surface area contributed by atoms with Crippen molar-refractivity contribution in [1.82, 2.24) is 0 Å². The topological polar surface area (TPSA) is 30.8 Å². The SMILES string of the molecule is CCO/N=C(\CBr)c1cccc(Oc2ccccc2)c1. The summed E-state index contributed by atoms with van der Waals surface area (Å²) in [6.45, 7) is 2.46. The Balaban J connectivity index is 2.19.